The van der Waals surface area contributed by atoms with Crippen LogP contribution in [0.5, 0.6) is 0 Å². The van der Waals surface area contributed by atoms with Crippen molar-refractivity contribution in [1.29, 1.82) is 0 Å². The van der Waals surface area contributed by atoms with E-state index in [1.165, 1.54) is 0 Å². The van der Waals surface area contributed by atoms with E-state index in [0.29, 0.717) is 11.5 Å². The molecule has 0 aromatic heterocycles. The molecule has 1 fully saturated rings. The van der Waals surface area contributed by atoms with Crippen molar-refractivity contribution in [2.24, 2.45) is 11.8 Å². The molecule has 1 aliphatic carbocycles. The van der Waals surface area contributed by atoms with Gasteiger partial charge in [0.25, 0.3) is 0 Å². The SMILES string of the molecule is C=C(/C=C(/F)C(=C)C)OC(=O)C1CCC(C)CC1. The monoisotopic (exact) mass is 252 g/mol. The summed E-state index contributed by atoms with van der Waals surface area (Å²) in [5.74, 6) is -0.154. The Morgan fingerprint density at radius 1 is 1.28 bits per heavy atom. The van der Waals surface area contributed by atoms with Crippen molar-refractivity contribution < 1.29 is 13.9 Å². The van der Waals surface area contributed by atoms with Gasteiger partial charge < -0.3 is 4.74 Å². The van der Waals surface area contributed by atoms with Crippen molar-refractivity contribution in [1.82, 2.24) is 0 Å². The second kappa shape index (κ2) is 6.53. The zero-order chi connectivity index (χ0) is 13.7. The molecule has 1 saturated carbocycles. The molecular formula is C15H21FO2. The average molecular weight is 252 g/mol. The first-order chi connectivity index (χ1) is 8.40. The van der Waals surface area contributed by atoms with E-state index in [4.69, 9.17) is 4.74 Å². The first-order valence-corrected chi connectivity index (χ1v) is 6.33. The molecule has 1 aliphatic rings. The molecule has 0 saturated heterocycles. The number of hydrogen-bond donors (Lipinski definition) is 0. The fourth-order valence-corrected chi connectivity index (χ4v) is 2.00. The Morgan fingerprint density at radius 3 is 2.33 bits per heavy atom. The minimum Gasteiger partial charge on any atom is -0.427 e. The van der Waals surface area contributed by atoms with Crippen LogP contribution in [0.2, 0.25) is 0 Å². The van der Waals surface area contributed by atoms with Gasteiger partial charge in [-0.05, 0) is 44.1 Å². The number of carbonyl (C=O) groups is 1. The van der Waals surface area contributed by atoms with E-state index in [1.807, 2.05) is 0 Å². The standard InChI is InChI=1S/C15H21FO2/c1-10(2)14(16)9-12(4)18-15(17)13-7-5-11(3)6-8-13/h9,11,13H,1,4-8H2,2-3H3/b14-9+. The fraction of sp³-hybridized carbons (Fsp3) is 0.533. The van der Waals surface area contributed by atoms with Gasteiger partial charge in [0.15, 0.2) is 0 Å². The second-order valence-corrected chi connectivity index (χ2v) is 5.12. The van der Waals surface area contributed by atoms with Crippen LogP contribution >= 0.6 is 0 Å². The van der Waals surface area contributed by atoms with Crippen molar-refractivity contribution in [3.05, 3.63) is 36.4 Å². The molecule has 0 aromatic rings. The maximum atomic E-state index is 13.2. The Bertz CT molecular complexity index is 374. The zero-order valence-corrected chi connectivity index (χ0v) is 11.2. The third-order valence-electron chi connectivity index (χ3n) is 3.28. The van der Waals surface area contributed by atoms with Gasteiger partial charge in [-0.1, -0.05) is 20.1 Å². The molecule has 0 aromatic carbocycles. The van der Waals surface area contributed by atoms with Crippen molar-refractivity contribution in [3.63, 3.8) is 0 Å². The van der Waals surface area contributed by atoms with Crippen LogP contribution in [0.25, 0.3) is 0 Å². The lowest BCUT2D eigenvalue weighted by Gasteiger charge is -2.24. The predicted octanol–water partition coefficient (Wildman–Crippen LogP) is 4.30. The van der Waals surface area contributed by atoms with Gasteiger partial charge in [-0.2, -0.15) is 0 Å². The first-order valence-electron chi connectivity index (χ1n) is 6.33. The smallest absolute Gasteiger partial charge is 0.314 e. The summed E-state index contributed by atoms with van der Waals surface area (Å²) in [6.45, 7) is 10.7. The van der Waals surface area contributed by atoms with E-state index in [-0.39, 0.29) is 17.6 Å². The quantitative estimate of drug-likeness (QED) is 0.423. The highest BCUT2D eigenvalue weighted by molar-refractivity contribution is 5.73. The summed E-state index contributed by atoms with van der Waals surface area (Å²) >= 11 is 0. The Morgan fingerprint density at radius 2 is 1.83 bits per heavy atom. The number of allylic oxidation sites excluding steroid dienone is 3. The third kappa shape index (κ3) is 4.47. The molecule has 2 nitrogen and oxygen atoms in total. The van der Waals surface area contributed by atoms with E-state index in [9.17, 15) is 9.18 Å². The molecular weight excluding hydrogens is 231 g/mol. The molecule has 100 valence electrons. The third-order valence-corrected chi connectivity index (χ3v) is 3.28. The molecule has 0 bridgehead atoms. The minimum atomic E-state index is -0.509. The van der Waals surface area contributed by atoms with Gasteiger partial charge in [-0.25, -0.2) is 4.39 Å². The second-order valence-electron chi connectivity index (χ2n) is 5.12. The minimum absolute atomic E-state index is 0.0409. The largest absolute Gasteiger partial charge is 0.427 e. The van der Waals surface area contributed by atoms with E-state index in [2.05, 4.69) is 20.1 Å². The van der Waals surface area contributed by atoms with Gasteiger partial charge in [0, 0.05) is 6.08 Å². The highest BCUT2D eigenvalue weighted by Crippen LogP contribution is 2.29. The van der Waals surface area contributed by atoms with E-state index in [1.54, 1.807) is 6.92 Å². The zero-order valence-electron chi connectivity index (χ0n) is 11.2. The molecule has 0 amide bonds. The van der Waals surface area contributed by atoms with Gasteiger partial charge >= 0.3 is 5.97 Å². The highest BCUT2D eigenvalue weighted by atomic mass is 19.1. The molecule has 0 aliphatic heterocycles. The number of halogens is 1. The van der Waals surface area contributed by atoms with Crippen molar-refractivity contribution >= 4 is 5.97 Å². The number of carbonyl (C=O) groups excluding carboxylic acids is 1. The topological polar surface area (TPSA) is 26.3 Å². The van der Waals surface area contributed by atoms with Crippen molar-refractivity contribution in [2.75, 3.05) is 0 Å². The maximum absolute atomic E-state index is 13.2. The summed E-state index contributed by atoms with van der Waals surface area (Å²) in [6.07, 6.45) is 4.88. The number of rotatable bonds is 4. The van der Waals surface area contributed by atoms with Crippen LogP contribution in [0.3, 0.4) is 0 Å². The van der Waals surface area contributed by atoms with Gasteiger partial charge in [0.2, 0.25) is 0 Å². The van der Waals surface area contributed by atoms with Crippen LogP contribution in [0.1, 0.15) is 39.5 Å². The predicted molar refractivity (Wildman–Crippen MR) is 70.4 cm³/mol. The molecule has 0 spiro atoms. The van der Waals surface area contributed by atoms with Crippen LogP contribution < -0.4 is 0 Å². The normalized spacial score (nSPS) is 24.5. The van der Waals surface area contributed by atoms with Crippen molar-refractivity contribution in [3.8, 4) is 0 Å². The molecule has 0 atom stereocenters. The molecule has 0 N–H and O–H groups in total. The van der Waals surface area contributed by atoms with Gasteiger partial charge in [0.05, 0.1) is 5.92 Å². The molecule has 1 rings (SSSR count). The van der Waals surface area contributed by atoms with E-state index >= 15 is 0 Å². The van der Waals surface area contributed by atoms with Crippen LogP contribution in [-0.2, 0) is 9.53 Å². The van der Waals surface area contributed by atoms with Crippen LogP contribution in [0.4, 0.5) is 4.39 Å². The number of esters is 1. The van der Waals surface area contributed by atoms with Gasteiger partial charge in [-0.15, -0.1) is 0 Å². The molecule has 18 heavy (non-hydrogen) atoms. The lowest BCUT2D eigenvalue weighted by atomic mass is 9.83. The average Bonchev–Trinajstić information content (AvgIpc) is 2.29. The summed E-state index contributed by atoms with van der Waals surface area (Å²) < 4.78 is 18.3. The van der Waals surface area contributed by atoms with Crippen LogP contribution in [0, 0.1) is 11.8 Å². The summed E-state index contributed by atoms with van der Waals surface area (Å²) in [4.78, 5) is 11.8. The Balaban J connectivity index is 2.47. The highest BCUT2D eigenvalue weighted by Gasteiger charge is 2.25. The number of hydrogen-bond acceptors (Lipinski definition) is 2. The summed E-state index contributed by atoms with van der Waals surface area (Å²) in [5.41, 5.74) is 0.290. The lowest BCUT2D eigenvalue weighted by molar-refractivity contribution is -0.145. The van der Waals surface area contributed by atoms with Gasteiger partial charge in [0.1, 0.15) is 11.6 Å². The van der Waals surface area contributed by atoms with Crippen LogP contribution in [-0.4, -0.2) is 5.97 Å². The Kier molecular flexibility index (Phi) is 5.32. The van der Waals surface area contributed by atoms with Gasteiger partial charge in [-0.3, -0.25) is 4.79 Å². The first kappa shape index (κ1) is 14.7. The Labute approximate surface area is 108 Å². The summed E-state index contributed by atoms with van der Waals surface area (Å²) in [5, 5.41) is 0. The Hall–Kier alpha value is -1.38. The van der Waals surface area contributed by atoms with Crippen LogP contribution in [0.15, 0.2) is 36.4 Å². The fourth-order valence-electron chi connectivity index (χ4n) is 2.00. The maximum Gasteiger partial charge on any atom is 0.314 e. The lowest BCUT2D eigenvalue weighted by Crippen LogP contribution is -2.22. The van der Waals surface area contributed by atoms with E-state index in [0.717, 1.165) is 31.8 Å². The summed E-state index contributed by atoms with van der Waals surface area (Å²) in [6, 6.07) is 0. The summed E-state index contributed by atoms with van der Waals surface area (Å²) in [7, 11) is 0. The molecule has 3 heteroatoms. The molecule has 0 heterocycles. The van der Waals surface area contributed by atoms with E-state index < -0.39 is 5.83 Å². The van der Waals surface area contributed by atoms with Crippen molar-refractivity contribution in [2.45, 2.75) is 39.5 Å². The molecule has 0 unspecified atom stereocenters. The molecule has 0 radical (unpaired) electrons. The number of ether oxygens (including phenoxy) is 1.